The predicted molar refractivity (Wildman–Crippen MR) is 104 cm³/mol. The fraction of sp³-hybridized carbons (Fsp3) is 0.571. The van der Waals surface area contributed by atoms with Gasteiger partial charge in [-0.1, -0.05) is 30.3 Å². The quantitative estimate of drug-likeness (QED) is 0.782. The molecule has 154 valence electrons. The van der Waals surface area contributed by atoms with E-state index < -0.39 is 17.7 Å². The number of esters is 1. The molecular weight excluding hydrogens is 360 g/mol. The lowest BCUT2D eigenvalue weighted by Crippen LogP contribution is -2.44. The van der Waals surface area contributed by atoms with Crippen LogP contribution in [0.5, 0.6) is 0 Å². The van der Waals surface area contributed by atoms with Crippen LogP contribution in [-0.4, -0.2) is 47.7 Å². The van der Waals surface area contributed by atoms with Crippen LogP contribution in [0.15, 0.2) is 30.3 Å². The molecule has 1 aliphatic heterocycles. The maximum atomic E-state index is 12.4. The predicted octanol–water partition coefficient (Wildman–Crippen LogP) is 2.88. The van der Waals surface area contributed by atoms with Gasteiger partial charge in [0.2, 0.25) is 0 Å². The van der Waals surface area contributed by atoms with Gasteiger partial charge in [0.25, 0.3) is 5.91 Å². The van der Waals surface area contributed by atoms with E-state index in [1.54, 1.807) is 11.8 Å². The highest BCUT2D eigenvalue weighted by molar-refractivity contribution is 5.84. The summed E-state index contributed by atoms with van der Waals surface area (Å²) in [5, 5.41) is 2.77. The Kier molecular flexibility index (Phi) is 7.43. The number of piperidine rings is 1. The Bertz CT molecular complexity index is 676. The number of benzene rings is 1. The number of carbonyl (C=O) groups is 3. The van der Waals surface area contributed by atoms with Crippen molar-refractivity contribution in [2.75, 3.05) is 13.1 Å². The molecule has 1 heterocycles. The molecule has 1 saturated heterocycles. The van der Waals surface area contributed by atoms with Gasteiger partial charge in [0.1, 0.15) is 5.60 Å². The molecule has 2 amide bonds. The Hall–Kier alpha value is -2.57. The monoisotopic (exact) mass is 390 g/mol. The number of nitrogens with zero attached hydrogens (tertiary/aromatic N) is 1. The largest absolute Gasteiger partial charge is 0.452 e. The van der Waals surface area contributed by atoms with Gasteiger partial charge in [-0.25, -0.2) is 4.79 Å². The van der Waals surface area contributed by atoms with Crippen molar-refractivity contribution in [3.63, 3.8) is 0 Å². The second kappa shape index (κ2) is 9.57. The van der Waals surface area contributed by atoms with Gasteiger partial charge in [-0.2, -0.15) is 0 Å². The Morgan fingerprint density at radius 2 is 1.75 bits per heavy atom. The minimum absolute atomic E-state index is 0.317. The summed E-state index contributed by atoms with van der Waals surface area (Å²) >= 11 is 0. The zero-order valence-electron chi connectivity index (χ0n) is 17.1. The molecule has 0 bridgehead atoms. The third-order valence-corrected chi connectivity index (χ3v) is 4.45. The molecule has 0 aliphatic carbocycles. The average Bonchev–Trinajstić information content (AvgIpc) is 2.65. The summed E-state index contributed by atoms with van der Waals surface area (Å²) in [5.74, 6) is -1.04. The molecule has 7 heteroatoms. The smallest absolute Gasteiger partial charge is 0.410 e. The normalized spacial score (nSPS) is 16.2. The number of nitrogens with one attached hydrogen (secondary N) is 1. The fourth-order valence-corrected chi connectivity index (χ4v) is 2.88. The maximum Gasteiger partial charge on any atom is 0.410 e. The molecule has 1 aromatic rings. The van der Waals surface area contributed by atoms with Crippen molar-refractivity contribution in [3.05, 3.63) is 35.9 Å². The highest BCUT2D eigenvalue weighted by Crippen LogP contribution is 2.21. The average molecular weight is 390 g/mol. The second-order valence-electron chi connectivity index (χ2n) is 8.02. The van der Waals surface area contributed by atoms with Crippen molar-refractivity contribution in [2.45, 2.75) is 58.8 Å². The molecule has 1 fully saturated rings. The van der Waals surface area contributed by atoms with E-state index >= 15 is 0 Å². The molecule has 0 saturated carbocycles. The lowest BCUT2D eigenvalue weighted by Gasteiger charge is -2.32. The molecule has 2 rings (SSSR count). The van der Waals surface area contributed by atoms with Crippen LogP contribution in [0.1, 0.15) is 46.1 Å². The van der Waals surface area contributed by atoms with Crippen LogP contribution in [0, 0.1) is 5.92 Å². The number of hydrogen-bond acceptors (Lipinski definition) is 5. The summed E-state index contributed by atoms with van der Waals surface area (Å²) in [6.45, 7) is 8.27. The SMILES string of the molecule is C[C@@H](OC(=O)C1CCN(C(=O)OC(C)(C)C)CC1)C(=O)NCc1ccccc1. The maximum absolute atomic E-state index is 12.4. The van der Waals surface area contributed by atoms with Crippen LogP contribution in [-0.2, 0) is 25.6 Å². The highest BCUT2D eigenvalue weighted by atomic mass is 16.6. The molecule has 1 aliphatic rings. The minimum atomic E-state index is -0.861. The van der Waals surface area contributed by atoms with Crippen molar-refractivity contribution < 1.29 is 23.9 Å². The van der Waals surface area contributed by atoms with Crippen LogP contribution in [0.4, 0.5) is 4.79 Å². The summed E-state index contributed by atoms with van der Waals surface area (Å²) in [7, 11) is 0. The Labute approximate surface area is 166 Å². The lowest BCUT2D eigenvalue weighted by atomic mass is 9.97. The number of rotatable bonds is 5. The number of amides is 2. The second-order valence-corrected chi connectivity index (χ2v) is 8.02. The standard InChI is InChI=1S/C21H30N2O5/c1-15(18(24)22-14-16-8-6-5-7-9-16)27-19(25)17-10-12-23(13-11-17)20(26)28-21(2,3)4/h5-9,15,17H,10-14H2,1-4H3,(H,22,24)/t15-/m1/s1. The molecule has 0 aromatic heterocycles. The first-order valence-electron chi connectivity index (χ1n) is 9.66. The summed E-state index contributed by atoms with van der Waals surface area (Å²) in [5.41, 5.74) is 0.430. The topological polar surface area (TPSA) is 84.9 Å². The van der Waals surface area contributed by atoms with E-state index in [1.165, 1.54) is 0 Å². The van der Waals surface area contributed by atoms with E-state index in [0.29, 0.717) is 32.5 Å². The zero-order valence-corrected chi connectivity index (χ0v) is 17.1. The molecule has 1 N–H and O–H groups in total. The van der Waals surface area contributed by atoms with Gasteiger partial charge in [-0.05, 0) is 46.1 Å². The Balaban J connectivity index is 1.74. The van der Waals surface area contributed by atoms with Crippen LogP contribution in [0.2, 0.25) is 0 Å². The Morgan fingerprint density at radius 1 is 1.14 bits per heavy atom. The summed E-state index contributed by atoms with van der Waals surface area (Å²) in [6.07, 6.45) is -0.236. The molecule has 28 heavy (non-hydrogen) atoms. The molecule has 0 spiro atoms. The number of hydrogen-bond donors (Lipinski definition) is 1. The van der Waals surface area contributed by atoms with E-state index in [1.807, 2.05) is 51.1 Å². The van der Waals surface area contributed by atoms with Crippen LogP contribution >= 0.6 is 0 Å². The molecular formula is C21H30N2O5. The lowest BCUT2D eigenvalue weighted by molar-refractivity contribution is -0.160. The number of likely N-dealkylation sites (tertiary alicyclic amines) is 1. The van der Waals surface area contributed by atoms with Crippen molar-refractivity contribution in [1.29, 1.82) is 0 Å². The first-order valence-corrected chi connectivity index (χ1v) is 9.66. The van der Waals surface area contributed by atoms with E-state index in [0.717, 1.165) is 5.56 Å². The van der Waals surface area contributed by atoms with Gasteiger partial charge < -0.3 is 19.7 Å². The van der Waals surface area contributed by atoms with Gasteiger partial charge >= 0.3 is 12.1 Å². The van der Waals surface area contributed by atoms with E-state index in [4.69, 9.17) is 9.47 Å². The molecule has 1 aromatic carbocycles. The molecule has 1 atom stereocenters. The first kappa shape index (κ1) is 21.7. The van der Waals surface area contributed by atoms with Gasteiger partial charge in [0, 0.05) is 19.6 Å². The summed E-state index contributed by atoms with van der Waals surface area (Å²) in [4.78, 5) is 38.2. The van der Waals surface area contributed by atoms with Crippen molar-refractivity contribution in [1.82, 2.24) is 10.2 Å². The van der Waals surface area contributed by atoms with Gasteiger partial charge in [0.05, 0.1) is 5.92 Å². The minimum Gasteiger partial charge on any atom is -0.452 e. The van der Waals surface area contributed by atoms with Crippen molar-refractivity contribution in [3.8, 4) is 0 Å². The van der Waals surface area contributed by atoms with Gasteiger partial charge in [-0.3, -0.25) is 9.59 Å². The van der Waals surface area contributed by atoms with Crippen molar-refractivity contribution >= 4 is 18.0 Å². The molecule has 0 unspecified atom stereocenters. The number of ether oxygens (including phenoxy) is 2. The van der Waals surface area contributed by atoms with E-state index in [-0.39, 0.29) is 17.9 Å². The molecule has 0 radical (unpaired) electrons. The van der Waals surface area contributed by atoms with Gasteiger partial charge in [0.15, 0.2) is 6.10 Å². The van der Waals surface area contributed by atoms with Crippen LogP contribution < -0.4 is 5.32 Å². The van der Waals surface area contributed by atoms with E-state index in [2.05, 4.69) is 5.32 Å². The Morgan fingerprint density at radius 3 is 2.32 bits per heavy atom. The zero-order chi connectivity index (χ0) is 20.7. The fourth-order valence-electron chi connectivity index (χ4n) is 2.88. The van der Waals surface area contributed by atoms with E-state index in [9.17, 15) is 14.4 Å². The summed E-state index contributed by atoms with van der Waals surface area (Å²) < 4.78 is 10.7. The first-order chi connectivity index (χ1) is 13.2. The highest BCUT2D eigenvalue weighted by Gasteiger charge is 2.32. The van der Waals surface area contributed by atoms with Gasteiger partial charge in [-0.15, -0.1) is 0 Å². The molecule has 7 nitrogen and oxygen atoms in total. The van der Waals surface area contributed by atoms with Crippen LogP contribution in [0.3, 0.4) is 0 Å². The third kappa shape index (κ3) is 6.87. The van der Waals surface area contributed by atoms with Crippen molar-refractivity contribution in [2.24, 2.45) is 5.92 Å². The number of carbonyl (C=O) groups excluding carboxylic acids is 3. The third-order valence-electron chi connectivity index (χ3n) is 4.45. The van der Waals surface area contributed by atoms with Crippen LogP contribution in [0.25, 0.3) is 0 Å². The summed E-state index contributed by atoms with van der Waals surface area (Å²) in [6, 6.07) is 9.53.